The van der Waals surface area contributed by atoms with Gasteiger partial charge in [0.2, 0.25) is 5.95 Å². The predicted octanol–water partition coefficient (Wildman–Crippen LogP) is 1.28. The second kappa shape index (κ2) is 5.03. The molecule has 2 N–H and O–H groups in total. The molecule has 0 amide bonds. The molecule has 3 rings (SSSR count). The van der Waals surface area contributed by atoms with Gasteiger partial charge in [0.15, 0.2) is 0 Å². The molecule has 0 aliphatic carbocycles. The van der Waals surface area contributed by atoms with Crippen LogP contribution in [0.4, 0.5) is 11.8 Å². The largest absolute Gasteiger partial charge is 0.368 e. The van der Waals surface area contributed by atoms with Crippen LogP contribution in [0.1, 0.15) is 29.7 Å². The number of nitrogens with zero attached hydrogens (tertiary/aromatic N) is 5. The van der Waals surface area contributed by atoms with E-state index in [4.69, 9.17) is 5.73 Å². The Morgan fingerprint density at radius 3 is 2.90 bits per heavy atom. The Hall–Kier alpha value is -2.24. The Balaban J connectivity index is 1.90. The van der Waals surface area contributed by atoms with Gasteiger partial charge in [-0.1, -0.05) is 6.92 Å². The molecule has 0 atom stereocenters. The van der Waals surface area contributed by atoms with E-state index in [1.54, 1.807) is 0 Å². The number of anilines is 2. The fraction of sp³-hybridized carbons (Fsp3) is 0.429. The van der Waals surface area contributed by atoms with Crippen LogP contribution in [0, 0.1) is 6.92 Å². The summed E-state index contributed by atoms with van der Waals surface area (Å²) in [7, 11) is 0. The molecule has 2 aromatic rings. The lowest BCUT2D eigenvalue weighted by molar-refractivity contribution is 0.684. The van der Waals surface area contributed by atoms with E-state index >= 15 is 0 Å². The van der Waals surface area contributed by atoms with Gasteiger partial charge in [0.1, 0.15) is 11.6 Å². The minimum Gasteiger partial charge on any atom is -0.368 e. The van der Waals surface area contributed by atoms with Crippen molar-refractivity contribution in [2.24, 2.45) is 0 Å². The number of hydrogen-bond acceptors (Lipinski definition) is 6. The fourth-order valence-electron chi connectivity index (χ4n) is 2.45. The summed E-state index contributed by atoms with van der Waals surface area (Å²) in [5.41, 5.74) is 8.95. The first-order valence-corrected chi connectivity index (χ1v) is 6.85. The van der Waals surface area contributed by atoms with Crippen LogP contribution in [-0.4, -0.2) is 26.5 Å². The van der Waals surface area contributed by atoms with E-state index in [2.05, 4.69) is 31.8 Å². The molecule has 2 aromatic heterocycles. The third-order valence-corrected chi connectivity index (χ3v) is 3.49. The quantitative estimate of drug-likeness (QED) is 0.885. The molecule has 6 heteroatoms. The van der Waals surface area contributed by atoms with Crippen LogP contribution in [0.5, 0.6) is 0 Å². The summed E-state index contributed by atoms with van der Waals surface area (Å²) in [6, 6.07) is 1.96. The van der Waals surface area contributed by atoms with Gasteiger partial charge in [-0.05, 0) is 18.9 Å². The second-order valence-electron chi connectivity index (χ2n) is 5.01. The zero-order chi connectivity index (χ0) is 14.1. The molecule has 0 radical (unpaired) electrons. The van der Waals surface area contributed by atoms with Gasteiger partial charge in [0, 0.05) is 30.9 Å². The molecule has 0 unspecified atom stereocenters. The summed E-state index contributed by atoms with van der Waals surface area (Å²) in [4.78, 5) is 19.6. The number of nitrogen functional groups attached to an aromatic ring is 1. The van der Waals surface area contributed by atoms with E-state index in [9.17, 15) is 0 Å². The molecule has 0 bridgehead atoms. The van der Waals surface area contributed by atoms with Crippen molar-refractivity contribution in [2.45, 2.75) is 33.2 Å². The van der Waals surface area contributed by atoms with Crippen LogP contribution < -0.4 is 10.6 Å². The van der Waals surface area contributed by atoms with E-state index in [1.807, 2.05) is 19.2 Å². The molecule has 1 aliphatic rings. The molecule has 0 fully saturated rings. The van der Waals surface area contributed by atoms with Gasteiger partial charge in [0.25, 0.3) is 0 Å². The molecule has 104 valence electrons. The molecule has 1 aliphatic heterocycles. The molecule has 0 spiro atoms. The Labute approximate surface area is 118 Å². The molecule has 3 heterocycles. The van der Waals surface area contributed by atoms with Gasteiger partial charge >= 0.3 is 0 Å². The van der Waals surface area contributed by atoms with Crippen molar-refractivity contribution in [3.05, 3.63) is 35.0 Å². The standard InChI is InChI=1S/C14H18N6/c1-3-12-16-7-10-4-5-20(8-11(10)18-12)13-6-9(2)17-14(15)19-13/h6-7H,3-5,8H2,1-2H3,(H2,15,17,19). The summed E-state index contributed by atoms with van der Waals surface area (Å²) in [5.74, 6) is 2.09. The Morgan fingerprint density at radius 2 is 2.15 bits per heavy atom. The van der Waals surface area contributed by atoms with E-state index < -0.39 is 0 Å². The maximum atomic E-state index is 5.73. The number of hydrogen-bond donors (Lipinski definition) is 1. The minimum atomic E-state index is 0.322. The summed E-state index contributed by atoms with van der Waals surface area (Å²) >= 11 is 0. The lowest BCUT2D eigenvalue weighted by Gasteiger charge is -2.29. The van der Waals surface area contributed by atoms with Crippen LogP contribution in [-0.2, 0) is 19.4 Å². The Kier molecular flexibility index (Phi) is 3.22. The van der Waals surface area contributed by atoms with Crippen molar-refractivity contribution in [2.75, 3.05) is 17.2 Å². The number of aryl methyl sites for hydroxylation is 2. The lowest BCUT2D eigenvalue weighted by Crippen LogP contribution is -2.32. The average molecular weight is 270 g/mol. The normalized spacial score (nSPS) is 14.2. The summed E-state index contributed by atoms with van der Waals surface area (Å²) < 4.78 is 0. The van der Waals surface area contributed by atoms with Crippen molar-refractivity contribution < 1.29 is 0 Å². The van der Waals surface area contributed by atoms with Crippen LogP contribution in [0.3, 0.4) is 0 Å². The van der Waals surface area contributed by atoms with Gasteiger partial charge in [-0.3, -0.25) is 0 Å². The van der Waals surface area contributed by atoms with Crippen molar-refractivity contribution in [3.63, 3.8) is 0 Å². The van der Waals surface area contributed by atoms with Crippen molar-refractivity contribution in [3.8, 4) is 0 Å². The third-order valence-electron chi connectivity index (χ3n) is 3.49. The van der Waals surface area contributed by atoms with E-state index in [1.165, 1.54) is 5.56 Å². The van der Waals surface area contributed by atoms with Crippen LogP contribution in [0.25, 0.3) is 0 Å². The van der Waals surface area contributed by atoms with Gasteiger partial charge in [-0.25, -0.2) is 15.0 Å². The monoisotopic (exact) mass is 270 g/mol. The number of aromatic nitrogens is 4. The van der Waals surface area contributed by atoms with Crippen molar-refractivity contribution in [1.82, 2.24) is 19.9 Å². The molecule has 0 aromatic carbocycles. The summed E-state index contributed by atoms with van der Waals surface area (Å²) in [6.45, 7) is 5.64. The van der Waals surface area contributed by atoms with Gasteiger partial charge in [0.05, 0.1) is 12.2 Å². The molecular formula is C14H18N6. The molecular weight excluding hydrogens is 252 g/mol. The zero-order valence-corrected chi connectivity index (χ0v) is 11.8. The van der Waals surface area contributed by atoms with E-state index in [-0.39, 0.29) is 0 Å². The second-order valence-corrected chi connectivity index (χ2v) is 5.01. The summed E-state index contributed by atoms with van der Waals surface area (Å²) in [5, 5.41) is 0. The van der Waals surface area contributed by atoms with Crippen LogP contribution in [0.2, 0.25) is 0 Å². The van der Waals surface area contributed by atoms with Crippen molar-refractivity contribution in [1.29, 1.82) is 0 Å². The molecule has 20 heavy (non-hydrogen) atoms. The Bertz CT molecular complexity index is 619. The van der Waals surface area contributed by atoms with E-state index in [0.29, 0.717) is 5.95 Å². The zero-order valence-electron chi connectivity index (χ0n) is 11.8. The smallest absolute Gasteiger partial charge is 0.222 e. The van der Waals surface area contributed by atoms with Gasteiger partial charge in [-0.15, -0.1) is 0 Å². The highest BCUT2D eigenvalue weighted by Crippen LogP contribution is 2.22. The molecule has 0 saturated heterocycles. The predicted molar refractivity (Wildman–Crippen MR) is 77.3 cm³/mol. The molecule has 6 nitrogen and oxygen atoms in total. The first kappa shape index (κ1) is 12.8. The van der Waals surface area contributed by atoms with Crippen molar-refractivity contribution >= 4 is 11.8 Å². The maximum absolute atomic E-state index is 5.73. The topological polar surface area (TPSA) is 80.8 Å². The number of rotatable bonds is 2. The third kappa shape index (κ3) is 2.41. The first-order chi connectivity index (χ1) is 9.65. The Morgan fingerprint density at radius 1 is 1.30 bits per heavy atom. The number of fused-ring (bicyclic) bond motifs is 1. The SMILES string of the molecule is CCc1ncc2c(n1)CN(c1cc(C)nc(N)n1)CC2. The lowest BCUT2D eigenvalue weighted by atomic mass is 10.1. The fourth-order valence-corrected chi connectivity index (χ4v) is 2.45. The highest BCUT2D eigenvalue weighted by molar-refractivity contribution is 5.45. The van der Waals surface area contributed by atoms with Crippen LogP contribution >= 0.6 is 0 Å². The maximum Gasteiger partial charge on any atom is 0.222 e. The van der Waals surface area contributed by atoms with Gasteiger partial charge in [-0.2, -0.15) is 4.98 Å². The first-order valence-electron chi connectivity index (χ1n) is 6.85. The minimum absolute atomic E-state index is 0.322. The average Bonchev–Trinajstić information content (AvgIpc) is 2.45. The molecule has 0 saturated carbocycles. The van der Waals surface area contributed by atoms with E-state index in [0.717, 1.165) is 49.0 Å². The highest BCUT2D eigenvalue weighted by atomic mass is 15.2. The summed E-state index contributed by atoms with van der Waals surface area (Å²) in [6.07, 6.45) is 3.74. The van der Waals surface area contributed by atoms with Gasteiger partial charge < -0.3 is 10.6 Å². The highest BCUT2D eigenvalue weighted by Gasteiger charge is 2.20. The number of nitrogens with two attached hydrogens (primary N) is 1. The van der Waals surface area contributed by atoms with Crippen LogP contribution in [0.15, 0.2) is 12.3 Å².